The molecule has 1 heterocycles. The summed E-state index contributed by atoms with van der Waals surface area (Å²) in [6.07, 6.45) is -5.54. The molecule has 1 amide bonds. The number of nitrogens with one attached hydrogen (secondary N) is 1. The average molecular weight is 393 g/mol. The van der Waals surface area contributed by atoms with E-state index in [-0.39, 0.29) is 10.8 Å². The summed E-state index contributed by atoms with van der Waals surface area (Å²) in [5, 5.41) is 6.67. The van der Waals surface area contributed by atoms with Crippen LogP contribution in [0.15, 0.2) is 24.3 Å². The maximum Gasteiger partial charge on any atom is 0.573 e. The van der Waals surface area contributed by atoms with E-state index in [0.29, 0.717) is 3.95 Å². The molecule has 0 aliphatic carbocycles. The van der Waals surface area contributed by atoms with Crippen molar-refractivity contribution in [1.82, 2.24) is 10.2 Å². The summed E-state index contributed by atoms with van der Waals surface area (Å²) in [6, 6.07) is 4.75. The zero-order chi connectivity index (χ0) is 18.8. The van der Waals surface area contributed by atoms with Gasteiger partial charge in [0.05, 0.1) is 5.69 Å². The Labute approximate surface area is 150 Å². The van der Waals surface area contributed by atoms with Crippen LogP contribution in [0, 0.1) is 3.95 Å². The molecule has 0 atom stereocenters. The van der Waals surface area contributed by atoms with E-state index in [1.165, 1.54) is 12.1 Å². The number of halogens is 3. The molecule has 0 bridgehead atoms. The zero-order valence-corrected chi connectivity index (χ0v) is 15.0. The van der Waals surface area contributed by atoms with Crippen LogP contribution in [0.25, 0.3) is 0 Å². The lowest BCUT2D eigenvalue weighted by Gasteiger charge is -2.25. The number of H-pyrrole nitrogens is 1. The lowest BCUT2D eigenvalue weighted by molar-refractivity contribution is -0.274. The number of nitrogens with zero attached hydrogens (tertiary/aromatic N) is 2. The van der Waals surface area contributed by atoms with Crippen LogP contribution in [-0.2, 0) is 4.74 Å². The number of aromatic amines is 1. The molecule has 2 aromatic rings. The van der Waals surface area contributed by atoms with Crippen molar-refractivity contribution in [2.75, 3.05) is 4.90 Å². The normalized spacial score (nSPS) is 11.9. The van der Waals surface area contributed by atoms with Crippen LogP contribution < -0.4 is 9.64 Å². The van der Waals surface area contributed by atoms with Crippen LogP contribution in [0.1, 0.15) is 20.8 Å². The number of alkyl halides is 3. The monoisotopic (exact) mass is 393 g/mol. The molecule has 0 fully saturated rings. The van der Waals surface area contributed by atoms with E-state index >= 15 is 0 Å². The minimum absolute atomic E-state index is 0.198. The van der Waals surface area contributed by atoms with Crippen molar-refractivity contribution >= 4 is 40.5 Å². The fourth-order valence-electron chi connectivity index (χ4n) is 1.72. The van der Waals surface area contributed by atoms with Gasteiger partial charge in [-0.1, -0.05) is 11.3 Å². The first-order valence-electron chi connectivity index (χ1n) is 6.89. The van der Waals surface area contributed by atoms with Crippen molar-refractivity contribution < 1.29 is 27.4 Å². The number of ether oxygens (including phenoxy) is 2. The Kier molecular flexibility index (Phi) is 5.37. The van der Waals surface area contributed by atoms with Gasteiger partial charge in [0.25, 0.3) is 0 Å². The van der Waals surface area contributed by atoms with Crippen molar-refractivity contribution in [1.29, 1.82) is 0 Å². The van der Waals surface area contributed by atoms with E-state index < -0.39 is 23.8 Å². The first kappa shape index (κ1) is 19.2. The summed E-state index contributed by atoms with van der Waals surface area (Å²) in [4.78, 5) is 13.6. The van der Waals surface area contributed by atoms with E-state index in [4.69, 9.17) is 17.0 Å². The molecule has 6 nitrogen and oxygen atoms in total. The first-order chi connectivity index (χ1) is 11.4. The number of hydrogen-bond acceptors (Lipinski definition) is 6. The lowest BCUT2D eigenvalue weighted by Crippen LogP contribution is -2.33. The molecular formula is C14H14F3N3O3S2. The van der Waals surface area contributed by atoms with Crippen molar-refractivity contribution in [3.05, 3.63) is 28.2 Å². The minimum atomic E-state index is -4.80. The number of carbonyl (C=O) groups excluding carboxylic acids is 1. The fourth-order valence-corrected chi connectivity index (χ4v) is 2.60. The van der Waals surface area contributed by atoms with Crippen molar-refractivity contribution in [3.8, 4) is 5.75 Å². The van der Waals surface area contributed by atoms with Crippen LogP contribution in [0.5, 0.6) is 5.75 Å². The Bertz CT molecular complexity index is 794. The van der Waals surface area contributed by atoms with Crippen LogP contribution >= 0.6 is 23.6 Å². The fraction of sp³-hybridized carbons (Fsp3) is 0.357. The Balaban J connectivity index is 2.35. The summed E-state index contributed by atoms with van der Waals surface area (Å²) in [5.74, 6) is -0.407. The number of amides is 1. The van der Waals surface area contributed by atoms with E-state index in [9.17, 15) is 18.0 Å². The lowest BCUT2D eigenvalue weighted by atomic mass is 10.2. The molecule has 1 aromatic heterocycles. The second kappa shape index (κ2) is 7.00. The highest BCUT2D eigenvalue weighted by molar-refractivity contribution is 7.73. The SMILES string of the molecule is CC(C)(C)OC(=O)N(c1ccc(OC(F)(F)F)cc1)c1n[nH]c(=S)s1. The van der Waals surface area contributed by atoms with Gasteiger partial charge in [-0.25, -0.2) is 9.69 Å². The molecule has 0 spiro atoms. The number of carbonyl (C=O) groups is 1. The first-order valence-corrected chi connectivity index (χ1v) is 8.11. The molecule has 0 unspecified atom stereocenters. The number of anilines is 2. The summed E-state index contributed by atoms with van der Waals surface area (Å²) >= 11 is 5.98. The number of hydrogen-bond donors (Lipinski definition) is 1. The standard InChI is InChI=1S/C14H14F3N3O3S2/c1-13(2,3)23-12(21)20(10-18-19-11(24)25-10)8-4-6-9(7-5-8)22-14(15,16)17/h4-7H,1-3H3,(H,19,24). The van der Waals surface area contributed by atoms with Gasteiger partial charge in [0.2, 0.25) is 5.13 Å². The number of aromatic nitrogens is 2. The predicted octanol–water partition coefficient (Wildman–Crippen LogP) is 5.17. The number of benzene rings is 1. The van der Waals surface area contributed by atoms with Crippen LogP contribution in [-0.4, -0.2) is 28.3 Å². The maximum atomic E-state index is 12.5. The topological polar surface area (TPSA) is 67.4 Å². The van der Waals surface area contributed by atoms with Gasteiger partial charge in [-0.15, -0.1) is 18.3 Å². The van der Waals surface area contributed by atoms with E-state index in [1.807, 2.05) is 0 Å². The van der Waals surface area contributed by atoms with Crippen LogP contribution in [0.4, 0.5) is 28.8 Å². The quantitative estimate of drug-likeness (QED) is 0.729. The summed E-state index contributed by atoms with van der Waals surface area (Å²) < 4.78 is 46.2. The smallest absolute Gasteiger partial charge is 0.443 e. The highest BCUT2D eigenvalue weighted by Gasteiger charge is 2.31. The van der Waals surface area contributed by atoms with Crippen molar-refractivity contribution in [3.63, 3.8) is 0 Å². The van der Waals surface area contributed by atoms with Gasteiger partial charge >= 0.3 is 12.5 Å². The zero-order valence-electron chi connectivity index (χ0n) is 13.4. The van der Waals surface area contributed by atoms with E-state index in [2.05, 4.69) is 14.9 Å². The molecule has 0 aliphatic rings. The summed E-state index contributed by atoms with van der Waals surface area (Å²) in [7, 11) is 0. The second-order valence-corrected chi connectivity index (χ2v) is 7.40. The summed E-state index contributed by atoms with van der Waals surface area (Å²) in [5.41, 5.74) is -0.520. The van der Waals surface area contributed by atoms with Crippen molar-refractivity contribution in [2.24, 2.45) is 0 Å². The molecule has 0 radical (unpaired) electrons. The molecular weight excluding hydrogens is 379 g/mol. The molecule has 1 N–H and O–H groups in total. The van der Waals surface area contributed by atoms with Gasteiger partial charge in [0, 0.05) is 0 Å². The Morgan fingerprint density at radius 1 is 1.24 bits per heavy atom. The molecule has 2 rings (SSSR count). The molecule has 0 saturated carbocycles. The molecule has 0 aliphatic heterocycles. The van der Waals surface area contributed by atoms with Gasteiger partial charge in [-0.2, -0.15) is 0 Å². The Morgan fingerprint density at radius 3 is 2.28 bits per heavy atom. The Hall–Kier alpha value is -2.14. The van der Waals surface area contributed by atoms with Gasteiger partial charge in [-0.05, 0) is 57.3 Å². The van der Waals surface area contributed by atoms with Crippen LogP contribution in [0.3, 0.4) is 0 Å². The van der Waals surface area contributed by atoms with E-state index in [1.54, 1.807) is 20.8 Å². The third-order valence-electron chi connectivity index (χ3n) is 2.52. The third-order valence-corrected chi connectivity index (χ3v) is 3.60. The minimum Gasteiger partial charge on any atom is -0.443 e. The third kappa shape index (κ3) is 5.71. The maximum absolute atomic E-state index is 12.5. The molecule has 11 heteroatoms. The molecule has 0 saturated heterocycles. The van der Waals surface area contributed by atoms with Gasteiger partial charge in [0.15, 0.2) is 3.95 Å². The predicted molar refractivity (Wildman–Crippen MR) is 88.8 cm³/mol. The Morgan fingerprint density at radius 2 is 1.84 bits per heavy atom. The molecule has 1 aromatic carbocycles. The van der Waals surface area contributed by atoms with E-state index in [0.717, 1.165) is 28.4 Å². The largest absolute Gasteiger partial charge is 0.573 e. The second-order valence-electron chi connectivity index (χ2n) is 5.75. The van der Waals surface area contributed by atoms with Gasteiger partial charge in [0.1, 0.15) is 11.4 Å². The molecule has 25 heavy (non-hydrogen) atoms. The van der Waals surface area contributed by atoms with Gasteiger partial charge in [-0.3, -0.25) is 5.10 Å². The van der Waals surface area contributed by atoms with Crippen molar-refractivity contribution in [2.45, 2.75) is 32.7 Å². The highest BCUT2D eigenvalue weighted by atomic mass is 32.1. The summed E-state index contributed by atoms with van der Waals surface area (Å²) in [6.45, 7) is 5.07. The average Bonchev–Trinajstić information content (AvgIpc) is 2.83. The van der Waals surface area contributed by atoms with Gasteiger partial charge < -0.3 is 9.47 Å². The number of rotatable bonds is 3. The van der Waals surface area contributed by atoms with Crippen LogP contribution in [0.2, 0.25) is 0 Å². The molecule has 136 valence electrons. The highest BCUT2D eigenvalue weighted by Crippen LogP contribution is 2.31.